The first-order chi connectivity index (χ1) is 6.16. The molecule has 0 unspecified atom stereocenters. The molecule has 1 fully saturated rings. The van der Waals surface area contributed by atoms with Gasteiger partial charge in [0.05, 0.1) is 5.69 Å². The minimum Gasteiger partial charge on any atom is -0.229 e. The zero-order valence-electron chi connectivity index (χ0n) is 8.01. The minimum absolute atomic E-state index is 0.703. The van der Waals surface area contributed by atoms with Crippen LogP contribution in [0.25, 0.3) is 0 Å². The molecule has 1 aliphatic rings. The summed E-state index contributed by atoms with van der Waals surface area (Å²) in [5.41, 5.74) is 1.30. The van der Waals surface area contributed by atoms with E-state index in [-0.39, 0.29) is 0 Å². The Bertz CT molecular complexity index is 302. The van der Waals surface area contributed by atoms with Crippen LogP contribution in [0.15, 0.2) is 0 Å². The molecule has 0 N–H and O–H groups in total. The summed E-state index contributed by atoms with van der Waals surface area (Å²) in [6.45, 7) is 4.48. The molecule has 0 amide bonds. The highest BCUT2D eigenvalue weighted by molar-refractivity contribution is 7.15. The quantitative estimate of drug-likeness (QED) is 0.746. The van der Waals surface area contributed by atoms with Crippen molar-refractivity contribution in [2.75, 3.05) is 0 Å². The van der Waals surface area contributed by atoms with Gasteiger partial charge in [-0.3, -0.25) is 0 Å². The molecule has 1 nitrogen and oxygen atoms in total. The van der Waals surface area contributed by atoms with Crippen LogP contribution in [0.4, 0.5) is 0 Å². The summed E-state index contributed by atoms with van der Waals surface area (Å²) < 4.78 is 0.720. The van der Waals surface area contributed by atoms with Crippen molar-refractivity contribution in [3.05, 3.63) is 15.0 Å². The van der Waals surface area contributed by atoms with Gasteiger partial charge in [-0.25, -0.2) is 4.98 Å². The fraction of sp³-hybridized carbons (Fsp3) is 0.700. The minimum atomic E-state index is 0.703. The maximum absolute atomic E-state index is 5.93. The maximum Gasteiger partial charge on any atom is 0.184 e. The lowest BCUT2D eigenvalue weighted by atomic mass is 10.1. The molecular weight excluding hydrogens is 202 g/mol. The Morgan fingerprint density at radius 2 is 2.23 bits per heavy atom. The van der Waals surface area contributed by atoms with E-state index in [9.17, 15) is 0 Å². The van der Waals surface area contributed by atoms with Gasteiger partial charge in [0.1, 0.15) is 0 Å². The lowest BCUT2D eigenvalue weighted by Gasteiger charge is -2.02. The van der Waals surface area contributed by atoms with Crippen LogP contribution in [-0.2, 0) is 6.42 Å². The van der Waals surface area contributed by atoms with E-state index < -0.39 is 0 Å². The van der Waals surface area contributed by atoms with E-state index in [4.69, 9.17) is 11.6 Å². The van der Waals surface area contributed by atoms with Gasteiger partial charge in [-0.1, -0.05) is 25.4 Å². The predicted octanol–water partition coefficient (Wildman–Crippen LogP) is 3.87. The molecule has 3 heteroatoms. The highest BCUT2D eigenvalue weighted by Gasteiger charge is 2.29. The van der Waals surface area contributed by atoms with Crippen molar-refractivity contribution in [3.8, 4) is 0 Å². The molecule has 13 heavy (non-hydrogen) atoms. The fourth-order valence-corrected chi connectivity index (χ4v) is 2.98. The van der Waals surface area contributed by atoms with Crippen molar-refractivity contribution in [2.45, 2.75) is 39.0 Å². The predicted molar refractivity (Wildman–Crippen MR) is 57.6 cm³/mol. The SMILES string of the molecule is CC(C)Cc1sc(Cl)nc1C1CC1. The molecule has 1 heterocycles. The Labute approximate surface area is 88.1 Å². The Kier molecular flexibility index (Phi) is 2.61. The Morgan fingerprint density at radius 3 is 2.77 bits per heavy atom. The molecule has 1 aromatic heterocycles. The van der Waals surface area contributed by atoms with Crippen LogP contribution in [0, 0.1) is 5.92 Å². The summed E-state index contributed by atoms with van der Waals surface area (Å²) in [4.78, 5) is 5.83. The average molecular weight is 216 g/mol. The number of hydrogen-bond donors (Lipinski definition) is 0. The molecule has 0 saturated heterocycles. The molecule has 72 valence electrons. The van der Waals surface area contributed by atoms with Crippen LogP contribution >= 0.6 is 22.9 Å². The lowest BCUT2D eigenvalue weighted by Crippen LogP contribution is -1.95. The summed E-state index contributed by atoms with van der Waals surface area (Å²) in [5, 5.41) is 0. The van der Waals surface area contributed by atoms with Crippen molar-refractivity contribution < 1.29 is 0 Å². The van der Waals surface area contributed by atoms with Crippen molar-refractivity contribution in [1.82, 2.24) is 4.98 Å². The molecule has 0 spiro atoms. The first kappa shape index (κ1) is 9.47. The van der Waals surface area contributed by atoms with Crippen molar-refractivity contribution in [2.24, 2.45) is 5.92 Å². The highest BCUT2D eigenvalue weighted by atomic mass is 35.5. The van der Waals surface area contributed by atoms with E-state index in [1.54, 1.807) is 11.3 Å². The Morgan fingerprint density at radius 1 is 1.54 bits per heavy atom. The monoisotopic (exact) mass is 215 g/mol. The van der Waals surface area contributed by atoms with E-state index >= 15 is 0 Å². The third kappa shape index (κ3) is 2.23. The Balaban J connectivity index is 2.21. The summed E-state index contributed by atoms with van der Waals surface area (Å²) >= 11 is 7.59. The van der Waals surface area contributed by atoms with Crippen molar-refractivity contribution >= 4 is 22.9 Å². The zero-order chi connectivity index (χ0) is 9.42. The van der Waals surface area contributed by atoms with E-state index in [2.05, 4.69) is 18.8 Å². The standard InChI is InChI=1S/C10H14ClNS/c1-6(2)5-8-9(7-3-4-7)12-10(11)13-8/h6-7H,3-5H2,1-2H3. The first-order valence-corrected chi connectivity index (χ1v) is 6.01. The smallest absolute Gasteiger partial charge is 0.184 e. The van der Waals surface area contributed by atoms with Gasteiger partial charge in [-0.05, 0) is 25.2 Å². The third-order valence-corrected chi connectivity index (χ3v) is 3.46. The van der Waals surface area contributed by atoms with Gasteiger partial charge in [0.25, 0.3) is 0 Å². The van der Waals surface area contributed by atoms with Crippen LogP contribution in [0.3, 0.4) is 0 Å². The third-order valence-electron chi connectivity index (χ3n) is 2.26. The molecule has 0 bridgehead atoms. The van der Waals surface area contributed by atoms with Gasteiger partial charge in [-0.2, -0.15) is 0 Å². The summed E-state index contributed by atoms with van der Waals surface area (Å²) in [6.07, 6.45) is 3.76. The number of hydrogen-bond acceptors (Lipinski definition) is 2. The summed E-state index contributed by atoms with van der Waals surface area (Å²) in [6, 6.07) is 0. The molecule has 0 radical (unpaired) electrons. The van der Waals surface area contributed by atoms with E-state index in [1.165, 1.54) is 23.4 Å². The second-order valence-electron chi connectivity index (χ2n) is 4.15. The second kappa shape index (κ2) is 3.58. The van der Waals surface area contributed by atoms with Crippen LogP contribution in [0.5, 0.6) is 0 Å². The van der Waals surface area contributed by atoms with Crippen LogP contribution in [-0.4, -0.2) is 4.98 Å². The number of halogens is 1. The molecule has 1 aromatic rings. The average Bonchev–Trinajstić information content (AvgIpc) is 2.77. The van der Waals surface area contributed by atoms with Crippen LogP contribution < -0.4 is 0 Å². The zero-order valence-corrected chi connectivity index (χ0v) is 9.58. The van der Waals surface area contributed by atoms with Gasteiger partial charge in [0, 0.05) is 10.8 Å². The topological polar surface area (TPSA) is 12.9 Å². The summed E-state index contributed by atoms with van der Waals surface area (Å²) in [7, 11) is 0. The summed E-state index contributed by atoms with van der Waals surface area (Å²) in [5.74, 6) is 1.44. The van der Waals surface area contributed by atoms with Crippen LogP contribution in [0.2, 0.25) is 4.47 Å². The van der Waals surface area contributed by atoms with Gasteiger partial charge in [0.15, 0.2) is 4.47 Å². The Hall–Kier alpha value is -0.0800. The van der Waals surface area contributed by atoms with Crippen molar-refractivity contribution in [1.29, 1.82) is 0 Å². The molecule has 0 aliphatic heterocycles. The molecule has 0 atom stereocenters. The number of nitrogens with zero attached hydrogens (tertiary/aromatic N) is 1. The van der Waals surface area contributed by atoms with Crippen molar-refractivity contribution in [3.63, 3.8) is 0 Å². The number of aromatic nitrogens is 1. The second-order valence-corrected chi connectivity index (χ2v) is 5.81. The molecule has 1 aliphatic carbocycles. The van der Waals surface area contributed by atoms with Gasteiger partial charge >= 0.3 is 0 Å². The van der Waals surface area contributed by atoms with Gasteiger partial charge in [0.2, 0.25) is 0 Å². The maximum atomic E-state index is 5.93. The molecule has 2 rings (SSSR count). The first-order valence-electron chi connectivity index (χ1n) is 4.82. The van der Waals surface area contributed by atoms with E-state index in [0.717, 1.165) is 16.8 Å². The largest absolute Gasteiger partial charge is 0.229 e. The van der Waals surface area contributed by atoms with E-state index in [1.807, 2.05) is 0 Å². The molecule has 0 aromatic carbocycles. The lowest BCUT2D eigenvalue weighted by molar-refractivity contribution is 0.648. The van der Waals surface area contributed by atoms with E-state index in [0.29, 0.717) is 5.92 Å². The molecular formula is C10H14ClNS. The normalized spacial score (nSPS) is 16.9. The number of rotatable bonds is 3. The van der Waals surface area contributed by atoms with Crippen LogP contribution in [0.1, 0.15) is 43.2 Å². The number of thiazole rings is 1. The fourth-order valence-electron chi connectivity index (χ4n) is 1.53. The van der Waals surface area contributed by atoms with Gasteiger partial charge in [-0.15, -0.1) is 11.3 Å². The van der Waals surface area contributed by atoms with Gasteiger partial charge < -0.3 is 0 Å². The highest BCUT2D eigenvalue weighted by Crippen LogP contribution is 2.43. The molecule has 1 saturated carbocycles.